The van der Waals surface area contributed by atoms with Gasteiger partial charge in [0, 0.05) is 32.2 Å². The van der Waals surface area contributed by atoms with Gasteiger partial charge in [0.25, 0.3) is 0 Å². The van der Waals surface area contributed by atoms with Crippen LogP contribution in [0.25, 0.3) is 22.8 Å². The van der Waals surface area contributed by atoms with Gasteiger partial charge < -0.3 is 14.3 Å². The average molecular weight is 349 g/mol. The first kappa shape index (κ1) is 16.0. The third-order valence-electron chi connectivity index (χ3n) is 3.97. The fraction of sp³-hybridized carbons (Fsp3) is 0.105. The van der Waals surface area contributed by atoms with Crippen LogP contribution in [-0.2, 0) is 13.6 Å². The molecule has 1 N–H and O–H groups in total. The van der Waals surface area contributed by atoms with E-state index in [9.17, 15) is 4.39 Å². The molecule has 0 aliphatic carbocycles. The van der Waals surface area contributed by atoms with E-state index in [0.717, 1.165) is 17.0 Å². The summed E-state index contributed by atoms with van der Waals surface area (Å²) in [6.45, 7) is 0.486. The molecule has 0 saturated heterocycles. The molecule has 26 heavy (non-hydrogen) atoms. The standard InChI is InChI=1S/C19H16FN5O/c1-25-9-8-21-18(25)15-12-23-19(24-17(15)16-3-2-10-26-16)22-11-13-4-6-14(20)7-5-13/h2-10,12H,11H2,1H3,(H,22,23,24). The minimum absolute atomic E-state index is 0.260. The number of benzene rings is 1. The molecule has 0 spiro atoms. The zero-order valence-electron chi connectivity index (χ0n) is 14.1. The summed E-state index contributed by atoms with van der Waals surface area (Å²) in [7, 11) is 1.91. The van der Waals surface area contributed by atoms with Crippen molar-refractivity contribution in [2.75, 3.05) is 5.32 Å². The van der Waals surface area contributed by atoms with E-state index >= 15 is 0 Å². The van der Waals surface area contributed by atoms with Crippen LogP contribution in [0.1, 0.15) is 5.56 Å². The summed E-state index contributed by atoms with van der Waals surface area (Å²) in [6.07, 6.45) is 6.91. The lowest BCUT2D eigenvalue weighted by Crippen LogP contribution is -2.06. The molecule has 0 radical (unpaired) electrons. The minimum atomic E-state index is -0.260. The van der Waals surface area contributed by atoms with E-state index in [1.807, 2.05) is 29.9 Å². The van der Waals surface area contributed by atoms with Crippen molar-refractivity contribution in [3.63, 3.8) is 0 Å². The molecule has 1 aromatic carbocycles. The quantitative estimate of drug-likeness (QED) is 0.592. The van der Waals surface area contributed by atoms with Gasteiger partial charge in [-0.25, -0.2) is 19.3 Å². The fourth-order valence-corrected chi connectivity index (χ4v) is 2.64. The molecular weight excluding hydrogens is 333 g/mol. The van der Waals surface area contributed by atoms with Crippen molar-refractivity contribution in [1.82, 2.24) is 19.5 Å². The van der Waals surface area contributed by atoms with Crippen LogP contribution in [0.15, 0.2) is 65.7 Å². The molecule has 0 atom stereocenters. The summed E-state index contributed by atoms with van der Waals surface area (Å²) in [4.78, 5) is 13.4. The number of rotatable bonds is 5. The van der Waals surface area contributed by atoms with E-state index in [4.69, 9.17) is 4.42 Å². The van der Waals surface area contributed by atoms with Gasteiger partial charge in [0.1, 0.15) is 17.3 Å². The van der Waals surface area contributed by atoms with E-state index in [1.54, 1.807) is 30.8 Å². The van der Waals surface area contributed by atoms with Crippen LogP contribution in [0.5, 0.6) is 0 Å². The maximum Gasteiger partial charge on any atom is 0.223 e. The molecule has 0 unspecified atom stereocenters. The van der Waals surface area contributed by atoms with Crippen LogP contribution in [0.4, 0.5) is 10.3 Å². The van der Waals surface area contributed by atoms with Gasteiger partial charge in [-0.05, 0) is 29.8 Å². The number of hydrogen-bond acceptors (Lipinski definition) is 5. The lowest BCUT2D eigenvalue weighted by atomic mass is 10.2. The van der Waals surface area contributed by atoms with Gasteiger partial charge in [-0.2, -0.15) is 0 Å². The summed E-state index contributed by atoms with van der Waals surface area (Å²) >= 11 is 0. The average Bonchev–Trinajstić information content (AvgIpc) is 3.33. The number of imidazole rings is 1. The molecule has 4 rings (SSSR count). The van der Waals surface area contributed by atoms with E-state index in [2.05, 4.69) is 20.3 Å². The van der Waals surface area contributed by atoms with Crippen molar-refractivity contribution in [3.8, 4) is 22.8 Å². The lowest BCUT2D eigenvalue weighted by Gasteiger charge is -2.10. The maximum absolute atomic E-state index is 13.0. The van der Waals surface area contributed by atoms with Crippen molar-refractivity contribution in [3.05, 3.63) is 72.6 Å². The van der Waals surface area contributed by atoms with Gasteiger partial charge in [0.2, 0.25) is 5.95 Å². The fourth-order valence-electron chi connectivity index (χ4n) is 2.64. The van der Waals surface area contributed by atoms with E-state index in [1.165, 1.54) is 12.1 Å². The first-order chi connectivity index (χ1) is 12.7. The van der Waals surface area contributed by atoms with Gasteiger partial charge in [0.05, 0.1) is 11.8 Å². The summed E-state index contributed by atoms with van der Waals surface area (Å²) in [5.74, 6) is 1.58. The number of halogens is 1. The summed E-state index contributed by atoms with van der Waals surface area (Å²) in [5, 5.41) is 3.16. The Balaban J connectivity index is 1.66. The number of nitrogens with zero attached hydrogens (tertiary/aromatic N) is 4. The second kappa shape index (κ2) is 6.79. The Morgan fingerprint density at radius 1 is 1.15 bits per heavy atom. The van der Waals surface area contributed by atoms with Crippen LogP contribution < -0.4 is 5.32 Å². The van der Waals surface area contributed by atoms with Gasteiger partial charge >= 0.3 is 0 Å². The van der Waals surface area contributed by atoms with Crippen molar-refractivity contribution >= 4 is 5.95 Å². The monoisotopic (exact) mass is 349 g/mol. The van der Waals surface area contributed by atoms with Gasteiger partial charge in [-0.3, -0.25) is 0 Å². The Hall–Kier alpha value is -3.48. The predicted molar refractivity (Wildman–Crippen MR) is 95.7 cm³/mol. The molecule has 4 aromatic rings. The molecule has 0 aliphatic rings. The highest BCUT2D eigenvalue weighted by Crippen LogP contribution is 2.29. The second-order valence-electron chi connectivity index (χ2n) is 5.77. The Morgan fingerprint density at radius 3 is 2.69 bits per heavy atom. The highest BCUT2D eigenvalue weighted by Gasteiger charge is 2.16. The number of aromatic nitrogens is 4. The Bertz CT molecular complexity index is 1010. The Labute approximate surface area is 149 Å². The largest absolute Gasteiger partial charge is 0.463 e. The second-order valence-corrected chi connectivity index (χ2v) is 5.77. The highest BCUT2D eigenvalue weighted by molar-refractivity contribution is 5.75. The lowest BCUT2D eigenvalue weighted by molar-refractivity contribution is 0.580. The van der Waals surface area contributed by atoms with Gasteiger partial charge in [0.15, 0.2) is 5.76 Å². The van der Waals surface area contributed by atoms with Crippen molar-refractivity contribution in [2.24, 2.45) is 7.05 Å². The van der Waals surface area contributed by atoms with Crippen molar-refractivity contribution in [1.29, 1.82) is 0 Å². The molecule has 6 nitrogen and oxygen atoms in total. The number of hydrogen-bond donors (Lipinski definition) is 1. The summed E-state index contributed by atoms with van der Waals surface area (Å²) in [6, 6.07) is 9.95. The maximum atomic E-state index is 13.0. The van der Waals surface area contributed by atoms with Crippen LogP contribution in [0, 0.1) is 5.82 Å². The van der Waals surface area contributed by atoms with Crippen LogP contribution in [0.3, 0.4) is 0 Å². The van der Waals surface area contributed by atoms with Crippen LogP contribution in [0.2, 0.25) is 0 Å². The van der Waals surface area contributed by atoms with Crippen LogP contribution >= 0.6 is 0 Å². The first-order valence-corrected chi connectivity index (χ1v) is 8.07. The van der Waals surface area contributed by atoms with Crippen molar-refractivity contribution < 1.29 is 8.81 Å². The van der Waals surface area contributed by atoms with Gasteiger partial charge in [-0.15, -0.1) is 0 Å². The number of anilines is 1. The summed E-state index contributed by atoms with van der Waals surface area (Å²) in [5.41, 5.74) is 2.36. The van der Waals surface area contributed by atoms with Gasteiger partial charge in [-0.1, -0.05) is 12.1 Å². The van der Waals surface area contributed by atoms with E-state index in [-0.39, 0.29) is 5.82 Å². The molecule has 0 saturated carbocycles. The van der Waals surface area contributed by atoms with Crippen molar-refractivity contribution in [2.45, 2.75) is 6.54 Å². The normalized spacial score (nSPS) is 10.8. The molecular formula is C19H16FN5O. The molecule has 0 aliphatic heterocycles. The Kier molecular flexibility index (Phi) is 4.18. The third-order valence-corrected chi connectivity index (χ3v) is 3.97. The third kappa shape index (κ3) is 3.19. The minimum Gasteiger partial charge on any atom is -0.463 e. The molecule has 3 heterocycles. The number of furan rings is 1. The summed E-state index contributed by atoms with van der Waals surface area (Å²) < 4.78 is 20.4. The molecule has 0 bridgehead atoms. The topological polar surface area (TPSA) is 68.8 Å². The van der Waals surface area contributed by atoms with Crippen LogP contribution in [-0.4, -0.2) is 19.5 Å². The molecule has 0 fully saturated rings. The van der Waals surface area contributed by atoms with E-state index in [0.29, 0.717) is 23.9 Å². The van der Waals surface area contributed by atoms with E-state index < -0.39 is 0 Å². The molecule has 7 heteroatoms. The molecule has 0 amide bonds. The SMILES string of the molecule is Cn1ccnc1-c1cnc(NCc2ccc(F)cc2)nc1-c1ccco1. The molecule has 3 aromatic heterocycles. The smallest absolute Gasteiger partial charge is 0.223 e. The Morgan fingerprint density at radius 2 is 2.00 bits per heavy atom. The molecule has 130 valence electrons. The number of nitrogens with one attached hydrogen (secondary N) is 1. The zero-order chi connectivity index (χ0) is 17.9. The highest BCUT2D eigenvalue weighted by atomic mass is 19.1. The number of aryl methyl sites for hydroxylation is 1. The zero-order valence-corrected chi connectivity index (χ0v) is 14.1. The first-order valence-electron chi connectivity index (χ1n) is 8.07. The predicted octanol–water partition coefficient (Wildman–Crippen LogP) is 3.89.